The number of rotatable bonds is 11. The number of benzene rings is 2. The number of nitrogens with zero attached hydrogens (tertiary/aromatic N) is 2. The quantitative estimate of drug-likeness (QED) is 0.321. The van der Waals surface area contributed by atoms with E-state index in [9.17, 15) is 30.8 Å². The van der Waals surface area contributed by atoms with Crippen LogP contribution in [0.25, 0.3) is 0 Å². The van der Waals surface area contributed by atoms with Crippen LogP contribution in [0.4, 0.5) is 17.6 Å². The summed E-state index contributed by atoms with van der Waals surface area (Å²) in [6.07, 6.45) is -5.58. The highest BCUT2D eigenvalue weighted by Crippen LogP contribution is 2.29. The van der Waals surface area contributed by atoms with E-state index in [1.165, 1.54) is 48.5 Å². The summed E-state index contributed by atoms with van der Waals surface area (Å²) in [5.41, 5.74) is -1.73. The first kappa shape index (κ1) is 32.6. The zero-order chi connectivity index (χ0) is 30.8. The fraction of sp³-hybridized carbons (Fsp3) is 0.429. The van der Waals surface area contributed by atoms with Crippen LogP contribution in [0.1, 0.15) is 46.1 Å². The van der Waals surface area contributed by atoms with Crippen LogP contribution in [0.15, 0.2) is 70.6 Å². The highest BCUT2D eigenvalue weighted by Gasteiger charge is 2.44. The monoisotopic (exact) mass is 616 g/mol. The zero-order valence-corrected chi connectivity index (χ0v) is 24.7. The molecule has 0 saturated carbocycles. The van der Waals surface area contributed by atoms with Gasteiger partial charge in [-0.2, -0.15) is 17.5 Å². The molecule has 0 radical (unpaired) electrons. The molecule has 224 valence electrons. The Morgan fingerprint density at radius 1 is 1.17 bits per heavy atom. The summed E-state index contributed by atoms with van der Waals surface area (Å²) in [5.74, 6) is -1.11. The van der Waals surface area contributed by atoms with E-state index in [4.69, 9.17) is 11.6 Å². The van der Waals surface area contributed by atoms with Crippen LogP contribution >= 0.6 is 11.6 Å². The molecule has 1 atom stereocenters. The number of carbonyl (C=O) groups excluding carboxylic acids is 1. The molecule has 0 aliphatic carbocycles. The number of hydrogen-bond donors (Lipinski definition) is 2. The number of sulfonamides is 1. The summed E-state index contributed by atoms with van der Waals surface area (Å²) in [7, 11) is -4.00. The molecule has 1 heterocycles. The summed E-state index contributed by atoms with van der Waals surface area (Å²) in [4.78, 5) is 17.4. The molecule has 0 unspecified atom stereocenters. The number of hydrogen-bond acceptors (Lipinski definition) is 5. The number of halogens is 5. The van der Waals surface area contributed by atoms with Crippen molar-refractivity contribution in [3.8, 4) is 0 Å². The van der Waals surface area contributed by atoms with E-state index in [2.05, 4.69) is 22.2 Å². The zero-order valence-electron chi connectivity index (χ0n) is 23.1. The topological polar surface area (TPSA) is 90.9 Å². The fourth-order valence-electron chi connectivity index (χ4n) is 4.45. The van der Waals surface area contributed by atoms with Crippen molar-refractivity contribution >= 4 is 33.4 Å². The summed E-state index contributed by atoms with van der Waals surface area (Å²) < 4.78 is 81.1. The number of nitrogens with one attached hydrogen (secondary N) is 2. The fourth-order valence-corrected chi connectivity index (χ4v) is 6.02. The lowest BCUT2D eigenvalue weighted by atomic mass is 9.93. The second kappa shape index (κ2) is 12.1. The lowest BCUT2D eigenvalue weighted by Crippen LogP contribution is -2.56. The van der Waals surface area contributed by atoms with E-state index in [-0.39, 0.29) is 35.3 Å². The van der Waals surface area contributed by atoms with Gasteiger partial charge in [-0.3, -0.25) is 9.79 Å². The predicted octanol–water partition coefficient (Wildman–Crippen LogP) is 5.61. The van der Waals surface area contributed by atoms with Crippen molar-refractivity contribution in [2.45, 2.75) is 75.3 Å². The maximum Gasteiger partial charge on any atom is 0.391 e. The molecule has 3 rings (SSSR count). The smallest absolute Gasteiger partial charge is 0.363 e. The molecule has 0 aromatic heterocycles. The lowest BCUT2D eigenvalue weighted by Gasteiger charge is -2.31. The van der Waals surface area contributed by atoms with Gasteiger partial charge in [0.25, 0.3) is 0 Å². The van der Waals surface area contributed by atoms with Gasteiger partial charge < -0.3 is 10.6 Å². The molecule has 1 aliphatic rings. The molecule has 2 aromatic carbocycles. The summed E-state index contributed by atoms with van der Waals surface area (Å²) in [6.45, 7) is 9.72. The van der Waals surface area contributed by atoms with Crippen molar-refractivity contribution in [3.63, 3.8) is 0 Å². The maximum absolute atomic E-state index is 14.1. The van der Waals surface area contributed by atoms with Crippen molar-refractivity contribution in [2.75, 3.05) is 6.54 Å². The SMILES string of the molecule is C=C(CCN(Cc1ccc(Cl)c(F)c1)S(=O)(=O)c1ccccc1)C1=N[C@@H](C(=O)NC(C)(C)CC(F)(F)F)C(C)(C)N1. The van der Waals surface area contributed by atoms with E-state index >= 15 is 0 Å². The molecule has 1 amide bonds. The van der Waals surface area contributed by atoms with Gasteiger partial charge in [-0.05, 0) is 69.5 Å². The number of amides is 1. The van der Waals surface area contributed by atoms with Crippen molar-refractivity contribution in [1.82, 2.24) is 14.9 Å². The number of aliphatic imine (C=N–C) groups is 1. The van der Waals surface area contributed by atoms with E-state index < -0.39 is 51.5 Å². The maximum atomic E-state index is 14.1. The lowest BCUT2D eigenvalue weighted by molar-refractivity contribution is -0.150. The van der Waals surface area contributed by atoms with Gasteiger partial charge in [0.15, 0.2) is 6.04 Å². The van der Waals surface area contributed by atoms with Crippen LogP contribution in [-0.2, 0) is 21.4 Å². The first-order valence-electron chi connectivity index (χ1n) is 12.7. The first-order chi connectivity index (χ1) is 18.8. The van der Waals surface area contributed by atoms with Crippen LogP contribution in [0, 0.1) is 5.82 Å². The third-order valence-electron chi connectivity index (χ3n) is 6.46. The molecule has 0 fully saturated rings. The van der Waals surface area contributed by atoms with Gasteiger partial charge in [0.2, 0.25) is 15.9 Å². The minimum absolute atomic E-state index is 0.0516. The molecule has 7 nitrogen and oxygen atoms in total. The van der Waals surface area contributed by atoms with E-state index in [1.54, 1.807) is 32.0 Å². The average molecular weight is 617 g/mol. The molecular formula is C28H33ClF4N4O3S. The Balaban J connectivity index is 1.80. The third kappa shape index (κ3) is 8.52. The van der Waals surface area contributed by atoms with Crippen molar-refractivity contribution in [1.29, 1.82) is 0 Å². The predicted molar refractivity (Wildman–Crippen MR) is 151 cm³/mol. The average Bonchev–Trinajstić information content (AvgIpc) is 3.17. The van der Waals surface area contributed by atoms with Gasteiger partial charge in [0.1, 0.15) is 11.7 Å². The molecule has 2 aromatic rings. The van der Waals surface area contributed by atoms with Gasteiger partial charge in [0.05, 0.1) is 21.9 Å². The third-order valence-corrected chi connectivity index (χ3v) is 8.62. The summed E-state index contributed by atoms with van der Waals surface area (Å²) >= 11 is 5.78. The number of alkyl halides is 3. The van der Waals surface area contributed by atoms with Gasteiger partial charge in [-0.1, -0.05) is 42.4 Å². The Bertz CT molecular complexity index is 1430. The molecule has 0 saturated heterocycles. The van der Waals surface area contributed by atoms with Gasteiger partial charge in [0, 0.05) is 18.6 Å². The van der Waals surface area contributed by atoms with Crippen LogP contribution < -0.4 is 10.6 Å². The van der Waals surface area contributed by atoms with Gasteiger partial charge in [-0.15, -0.1) is 0 Å². The van der Waals surface area contributed by atoms with Crippen molar-refractivity contribution < 1.29 is 30.8 Å². The molecule has 1 aliphatic heterocycles. The molecule has 0 spiro atoms. The Morgan fingerprint density at radius 3 is 2.39 bits per heavy atom. The molecule has 41 heavy (non-hydrogen) atoms. The van der Waals surface area contributed by atoms with Gasteiger partial charge >= 0.3 is 6.18 Å². The highest BCUT2D eigenvalue weighted by atomic mass is 35.5. The Kier molecular flexibility index (Phi) is 9.61. The summed E-state index contributed by atoms with van der Waals surface area (Å²) in [5, 5.41) is 5.43. The number of carbonyl (C=O) groups is 1. The molecule has 13 heteroatoms. The minimum atomic E-state index is -4.47. The van der Waals surface area contributed by atoms with E-state index in [1.807, 2.05) is 0 Å². The van der Waals surface area contributed by atoms with Crippen LogP contribution in [0.3, 0.4) is 0 Å². The normalized spacial score (nSPS) is 17.2. The standard InChI is InChI=1S/C28H33ClF4N4O3S/c1-18(24-34-23(27(4,5)35-24)25(38)36-26(2,3)17-28(31,32)33)13-14-37(16-19-11-12-21(29)22(30)15-19)41(39,40)20-9-7-6-8-10-20/h6-12,15,23H,1,13-14,16-17H2,2-5H3,(H,34,35)(H,36,38)/t23-/m0/s1. The molecule has 2 N–H and O–H groups in total. The van der Waals surface area contributed by atoms with Crippen LogP contribution in [0.2, 0.25) is 5.02 Å². The van der Waals surface area contributed by atoms with E-state index in [0.717, 1.165) is 0 Å². The summed E-state index contributed by atoms with van der Waals surface area (Å²) in [6, 6.07) is 10.8. The second-order valence-corrected chi connectivity index (χ2v) is 13.5. The van der Waals surface area contributed by atoms with E-state index in [0.29, 0.717) is 11.1 Å². The Hall–Kier alpha value is -2.96. The van der Waals surface area contributed by atoms with Gasteiger partial charge in [-0.25, -0.2) is 12.8 Å². The molecule has 0 bridgehead atoms. The Morgan fingerprint density at radius 2 is 1.80 bits per heavy atom. The minimum Gasteiger partial charge on any atom is -0.363 e. The largest absolute Gasteiger partial charge is 0.391 e. The molecular weight excluding hydrogens is 584 g/mol. The Labute approximate surface area is 242 Å². The highest BCUT2D eigenvalue weighted by molar-refractivity contribution is 7.89. The van der Waals surface area contributed by atoms with Crippen LogP contribution in [0.5, 0.6) is 0 Å². The van der Waals surface area contributed by atoms with Crippen LogP contribution in [-0.4, -0.2) is 54.3 Å². The number of amidine groups is 1. The first-order valence-corrected chi connectivity index (χ1v) is 14.5. The van der Waals surface area contributed by atoms with Crippen molar-refractivity contribution in [3.05, 3.63) is 77.1 Å². The second-order valence-electron chi connectivity index (χ2n) is 11.1. The van der Waals surface area contributed by atoms with Crippen molar-refractivity contribution in [2.24, 2.45) is 4.99 Å².